The van der Waals surface area contributed by atoms with Crippen LogP contribution in [0.5, 0.6) is 0 Å². The van der Waals surface area contributed by atoms with Crippen LogP contribution in [0.3, 0.4) is 0 Å². The van der Waals surface area contributed by atoms with Crippen LogP contribution >= 0.6 is 0 Å². The van der Waals surface area contributed by atoms with Crippen LogP contribution in [0.2, 0.25) is 0 Å². The molecule has 1 saturated heterocycles. The van der Waals surface area contributed by atoms with E-state index in [9.17, 15) is 0 Å². The highest BCUT2D eigenvalue weighted by molar-refractivity contribution is 5.36. The number of hydrogen-bond donors (Lipinski definition) is 1. The summed E-state index contributed by atoms with van der Waals surface area (Å²) in [6.07, 6.45) is 9.44. The molecule has 1 aliphatic rings. The molecule has 1 atom stereocenters. The number of unbranched alkanes of at least 4 members (excludes halogenated alkanes) is 1. The molecule has 2 rings (SSSR count). The van der Waals surface area contributed by atoms with E-state index in [0.717, 1.165) is 32.0 Å². The minimum atomic E-state index is 0.473. The number of imidazole rings is 1. The number of piperidine rings is 1. The molecule has 2 N–H and O–H groups in total. The first-order valence-corrected chi connectivity index (χ1v) is 7.82. The quantitative estimate of drug-likeness (QED) is 0.859. The van der Waals surface area contributed by atoms with Gasteiger partial charge in [0, 0.05) is 31.9 Å². The van der Waals surface area contributed by atoms with E-state index in [1.807, 2.05) is 0 Å². The Hall–Kier alpha value is -1.03. The van der Waals surface area contributed by atoms with Crippen LogP contribution in [-0.4, -0.2) is 28.7 Å². The van der Waals surface area contributed by atoms with Gasteiger partial charge in [-0.25, -0.2) is 4.98 Å². The van der Waals surface area contributed by atoms with Crippen LogP contribution in [-0.2, 0) is 13.0 Å². The zero-order valence-corrected chi connectivity index (χ0v) is 12.4. The predicted octanol–water partition coefficient (Wildman–Crippen LogP) is 2.56. The van der Waals surface area contributed by atoms with E-state index in [4.69, 9.17) is 10.7 Å². The van der Waals surface area contributed by atoms with Gasteiger partial charge in [-0.05, 0) is 32.1 Å². The number of nitrogens with zero attached hydrogens (tertiary/aromatic N) is 3. The SMILES string of the molecule is CCCCn1cc(CC)nc1N1CCCCC1CN. The van der Waals surface area contributed by atoms with E-state index < -0.39 is 0 Å². The summed E-state index contributed by atoms with van der Waals surface area (Å²) in [5.74, 6) is 1.15. The van der Waals surface area contributed by atoms with Crippen molar-refractivity contribution in [2.24, 2.45) is 5.73 Å². The number of hydrogen-bond acceptors (Lipinski definition) is 3. The number of nitrogens with two attached hydrogens (primary N) is 1. The van der Waals surface area contributed by atoms with Crippen LogP contribution < -0.4 is 10.6 Å². The standard InChI is InChI=1S/C15H28N4/c1-3-5-9-18-12-13(4-2)17-15(18)19-10-7-6-8-14(19)11-16/h12,14H,3-11,16H2,1-2H3. The van der Waals surface area contributed by atoms with Crippen molar-refractivity contribution in [3.63, 3.8) is 0 Å². The third-order valence-corrected chi connectivity index (χ3v) is 4.08. The first kappa shape index (κ1) is 14.4. The number of aromatic nitrogens is 2. The summed E-state index contributed by atoms with van der Waals surface area (Å²) in [4.78, 5) is 7.28. The van der Waals surface area contributed by atoms with Crippen molar-refractivity contribution in [3.8, 4) is 0 Å². The summed E-state index contributed by atoms with van der Waals surface area (Å²) in [5, 5.41) is 0. The fraction of sp³-hybridized carbons (Fsp3) is 0.800. The fourth-order valence-electron chi connectivity index (χ4n) is 2.86. The summed E-state index contributed by atoms with van der Waals surface area (Å²) < 4.78 is 2.34. The van der Waals surface area contributed by atoms with Crippen molar-refractivity contribution < 1.29 is 0 Å². The summed E-state index contributed by atoms with van der Waals surface area (Å²) >= 11 is 0. The van der Waals surface area contributed by atoms with Crippen molar-refractivity contribution in [2.45, 2.75) is 65.0 Å². The maximum atomic E-state index is 5.94. The van der Waals surface area contributed by atoms with Gasteiger partial charge >= 0.3 is 0 Å². The largest absolute Gasteiger partial charge is 0.338 e. The molecular weight excluding hydrogens is 236 g/mol. The molecule has 0 aliphatic carbocycles. The highest BCUT2D eigenvalue weighted by atomic mass is 15.3. The summed E-state index contributed by atoms with van der Waals surface area (Å²) in [6, 6.07) is 0.473. The van der Waals surface area contributed by atoms with Crippen LogP contribution in [0.25, 0.3) is 0 Å². The van der Waals surface area contributed by atoms with Gasteiger partial charge in [0.15, 0.2) is 0 Å². The van der Waals surface area contributed by atoms with E-state index in [2.05, 4.69) is 29.5 Å². The molecule has 19 heavy (non-hydrogen) atoms. The lowest BCUT2D eigenvalue weighted by Crippen LogP contribution is -2.45. The molecule has 1 unspecified atom stereocenters. The Morgan fingerprint density at radius 2 is 2.21 bits per heavy atom. The lowest BCUT2D eigenvalue weighted by molar-refractivity contribution is 0.449. The van der Waals surface area contributed by atoms with Gasteiger partial charge in [0.25, 0.3) is 0 Å². The Morgan fingerprint density at radius 3 is 2.89 bits per heavy atom. The van der Waals surface area contributed by atoms with Crippen LogP contribution in [0.1, 0.15) is 51.6 Å². The van der Waals surface area contributed by atoms with Crippen molar-refractivity contribution in [2.75, 3.05) is 18.0 Å². The normalized spacial score (nSPS) is 19.9. The second-order valence-corrected chi connectivity index (χ2v) is 5.51. The second-order valence-electron chi connectivity index (χ2n) is 5.51. The number of anilines is 1. The van der Waals surface area contributed by atoms with E-state index in [1.54, 1.807) is 0 Å². The van der Waals surface area contributed by atoms with Crippen molar-refractivity contribution in [3.05, 3.63) is 11.9 Å². The van der Waals surface area contributed by atoms with Gasteiger partial charge < -0.3 is 15.2 Å². The number of aryl methyl sites for hydroxylation is 2. The number of rotatable bonds is 6. The predicted molar refractivity (Wildman–Crippen MR) is 80.6 cm³/mol. The Balaban J connectivity index is 2.22. The van der Waals surface area contributed by atoms with Gasteiger partial charge in [-0.15, -0.1) is 0 Å². The average molecular weight is 264 g/mol. The zero-order chi connectivity index (χ0) is 13.7. The summed E-state index contributed by atoms with van der Waals surface area (Å²) in [5.41, 5.74) is 7.14. The summed E-state index contributed by atoms with van der Waals surface area (Å²) in [6.45, 7) is 7.33. The molecule has 0 radical (unpaired) electrons. The summed E-state index contributed by atoms with van der Waals surface area (Å²) in [7, 11) is 0. The van der Waals surface area contributed by atoms with E-state index in [-0.39, 0.29) is 0 Å². The topological polar surface area (TPSA) is 47.1 Å². The lowest BCUT2D eigenvalue weighted by atomic mass is 10.0. The van der Waals surface area contributed by atoms with Gasteiger partial charge in [-0.1, -0.05) is 20.3 Å². The molecule has 4 nitrogen and oxygen atoms in total. The molecule has 0 spiro atoms. The van der Waals surface area contributed by atoms with Gasteiger partial charge in [0.1, 0.15) is 0 Å². The Morgan fingerprint density at radius 1 is 1.37 bits per heavy atom. The third kappa shape index (κ3) is 3.30. The van der Waals surface area contributed by atoms with Crippen LogP contribution in [0, 0.1) is 0 Å². The van der Waals surface area contributed by atoms with Crippen LogP contribution in [0.4, 0.5) is 5.95 Å². The third-order valence-electron chi connectivity index (χ3n) is 4.08. The molecule has 1 aliphatic heterocycles. The highest BCUT2D eigenvalue weighted by Crippen LogP contribution is 2.24. The molecule has 1 aromatic heterocycles. The Kier molecular flexibility index (Phi) is 5.25. The molecule has 4 heteroatoms. The molecule has 0 amide bonds. The van der Waals surface area contributed by atoms with Crippen molar-refractivity contribution in [1.82, 2.24) is 9.55 Å². The van der Waals surface area contributed by atoms with Gasteiger partial charge in [0.05, 0.1) is 5.69 Å². The molecular formula is C15H28N4. The molecule has 1 aromatic rings. The molecule has 108 valence electrons. The zero-order valence-electron chi connectivity index (χ0n) is 12.4. The van der Waals surface area contributed by atoms with Gasteiger partial charge in [-0.3, -0.25) is 0 Å². The molecule has 0 aromatic carbocycles. The van der Waals surface area contributed by atoms with Crippen molar-refractivity contribution >= 4 is 5.95 Å². The Labute approximate surface area is 117 Å². The van der Waals surface area contributed by atoms with Crippen LogP contribution in [0.15, 0.2) is 6.20 Å². The maximum Gasteiger partial charge on any atom is 0.206 e. The van der Waals surface area contributed by atoms with E-state index in [1.165, 1.54) is 37.8 Å². The molecule has 0 saturated carbocycles. The van der Waals surface area contributed by atoms with E-state index in [0.29, 0.717) is 6.04 Å². The van der Waals surface area contributed by atoms with Gasteiger partial charge in [-0.2, -0.15) is 0 Å². The monoisotopic (exact) mass is 264 g/mol. The molecule has 2 heterocycles. The molecule has 1 fully saturated rings. The first-order valence-electron chi connectivity index (χ1n) is 7.82. The highest BCUT2D eigenvalue weighted by Gasteiger charge is 2.25. The minimum absolute atomic E-state index is 0.473. The maximum absolute atomic E-state index is 5.94. The second kappa shape index (κ2) is 6.94. The fourth-order valence-corrected chi connectivity index (χ4v) is 2.86. The van der Waals surface area contributed by atoms with Gasteiger partial charge in [0.2, 0.25) is 5.95 Å². The lowest BCUT2D eigenvalue weighted by Gasteiger charge is -2.36. The Bertz CT molecular complexity index is 385. The minimum Gasteiger partial charge on any atom is -0.338 e. The average Bonchev–Trinajstić information content (AvgIpc) is 2.88. The first-order chi connectivity index (χ1) is 9.30. The van der Waals surface area contributed by atoms with Crippen molar-refractivity contribution in [1.29, 1.82) is 0 Å². The molecule has 0 bridgehead atoms. The smallest absolute Gasteiger partial charge is 0.206 e. The van der Waals surface area contributed by atoms with E-state index >= 15 is 0 Å².